The number of ketones is 1. The highest BCUT2D eigenvalue weighted by molar-refractivity contribution is 6.32. The smallest absolute Gasteiger partial charge is 0.246 e. The Kier molecular flexibility index (Phi) is 7.38. The van der Waals surface area contributed by atoms with Crippen LogP contribution < -0.4 is 9.80 Å². The van der Waals surface area contributed by atoms with Crippen molar-refractivity contribution in [3.63, 3.8) is 0 Å². The van der Waals surface area contributed by atoms with Crippen LogP contribution in [0.3, 0.4) is 0 Å². The summed E-state index contributed by atoms with van der Waals surface area (Å²) >= 11 is 6.34. The van der Waals surface area contributed by atoms with Gasteiger partial charge in [-0.15, -0.1) is 0 Å². The van der Waals surface area contributed by atoms with Gasteiger partial charge >= 0.3 is 0 Å². The maximum absolute atomic E-state index is 15.3. The third-order valence-electron chi connectivity index (χ3n) is 11.0. The van der Waals surface area contributed by atoms with Crippen LogP contribution in [0.4, 0.5) is 15.8 Å². The fraction of sp³-hybridized carbons (Fsp3) is 0.225. The summed E-state index contributed by atoms with van der Waals surface area (Å²) < 4.78 is 15.3. The van der Waals surface area contributed by atoms with Crippen LogP contribution in [0.1, 0.15) is 47.2 Å². The summed E-state index contributed by atoms with van der Waals surface area (Å²) in [5.74, 6) is -8.09. The molecule has 250 valence electrons. The first kappa shape index (κ1) is 31.8. The molecule has 2 aliphatic carbocycles. The van der Waals surface area contributed by atoms with E-state index in [1.807, 2.05) is 6.08 Å². The molecule has 4 aliphatic rings. The Morgan fingerprint density at radius 2 is 1.54 bits per heavy atom. The molecule has 0 radical (unpaired) electrons. The van der Waals surface area contributed by atoms with Gasteiger partial charge in [0, 0.05) is 22.1 Å². The average Bonchev–Trinajstić information content (AvgIpc) is 3.50. The minimum absolute atomic E-state index is 0.0479. The molecule has 0 spiro atoms. The molecule has 4 aromatic carbocycles. The molecule has 2 saturated heterocycles. The van der Waals surface area contributed by atoms with Crippen molar-refractivity contribution in [1.82, 2.24) is 0 Å². The Labute approximate surface area is 291 Å². The van der Waals surface area contributed by atoms with Gasteiger partial charge < -0.3 is 5.11 Å². The number of hydrogen-bond acceptors (Lipinski definition) is 6. The van der Waals surface area contributed by atoms with E-state index in [9.17, 15) is 24.3 Å². The minimum atomic E-state index is -1.64. The highest BCUT2D eigenvalue weighted by Crippen LogP contribution is 2.65. The summed E-state index contributed by atoms with van der Waals surface area (Å²) in [6.45, 7) is 1.43. The van der Waals surface area contributed by atoms with E-state index in [1.54, 1.807) is 78.9 Å². The fourth-order valence-corrected chi connectivity index (χ4v) is 9.14. The van der Waals surface area contributed by atoms with Crippen LogP contribution in [0.2, 0.25) is 5.02 Å². The number of aromatic hydroxyl groups is 1. The van der Waals surface area contributed by atoms with Crippen LogP contribution in [-0.4, -0.2) is 34.5 Å². The Bertz CT molecular complexity index is 2170. The lowest BCUT2D eigenvalue weighted by atomic mass is 9.49. The largest absolute Gasteiger partial charge is 0.505 e. The van der Waals surface area contributed by atoms with E-state index in [0.717, 1.165) is 15.9 Å². The molecule has 8 rings (SSSR count). The van der Waals surface area contributed by atoms with Crippen LogP contribution in [0.5, 0.6) is 5.75 Å². The maximum Gasteiger partial charge on any atom is 0.246 e. The number of fused-ring (bicyclic) bond motifs is 4. The van der Waals surface area contributed by atoms with Crippen LogP contribution in [-0.2, 0) is 24.6 Å². The van der Waals surface area contributed by atoms with Gasteiger partial charge in [0.25, 0.3) is 0 Å². The predicted molar refractivity (Wildman–Crippen MR) is 183 cm³/mol. The number of carbonyl (C=O) groups excluding carboxylic acids is 5. The molecule has 6 atom stereocenters. The van der Waals surface area contributed by atoms with E-state index in [2.05, 4.69) is 0 Å². The molecule has 50 heavy (non-hydrogen) atoms. The topological polar surface area (TPSA) is 112 Å². The van der Waals surface area contributed by atoms with E-state index in [1.165, 1.54) is 19.1 Å². The molecule has 3 fully saturated rings. The van der Waals surface area contributed by atoms with Crippen LogP contribution in [0, 0.1) is 29.5 Å². The van der Waals surface area contributed by atoms with Gasteiger partial charge in [0.15, 0.2) is 17.3 Å². The molecule has 4 amide bonds. The number of allylic oxidation sites excluding steroid dienone is 2. The molecular weight excluding hydrogens is 659 g/mol. The zero-order chi connectivity index (χ0) is 35.1. The van der Waals surface area contributed by atoms with E-state index >= 15 is 9.18 Å². The first-order chi connectivity index (χ1) is 24.0. The molecule has 2 aliphatic heterocycles. The summed E-state index contributed by atoms with van der Waals surface area (Å²) in [5, 5.41) is 11.7. The van der Waals surface area contributed by atoms with E-state index in [0.29, 0.717) is 27.4 Å². The minimum Gasteiger partial charge on any atom is -0.505 e. The molecule has 0 aromatic heterocycles. The molecule has 10 heteroatoms. The monoisotopic (exact) mass is 688 g/mol. The van der Waals surface area contributed by atoms with Gasteiger partial charge in [-0.05, 0) is 79.8 Å². The van der Waals surface area contributed by atoms with Crippen LogP contribution in [0.15, 0.2) is 109 Å². The number of amides is 4. The quantitative estimate of drug-likeness (QED) is 0.141. The summed E-state index contributed by atoms with van der Waals surface area (Å²) in [4.78, 5) is 72.5. The number of anilines is 2. The predicted octanol–water partition coefficient (Wildman–Crippen LogP) is 6.75. The van der Waals surface area contributed by atoms with Crippen molar-refractivity contribution in [3.8, 4) is 5.75 Å². The third-order valence-corrected chi connectivity index (χ3v) is 11.3. The second-order valence-electron chi connectivity index (χ2n) is 13.4. The SMILES string of the molecule is CC(=O)c1ccc(N2C(=O)C3CC=C4C(CC5C(=O)N(c6cccc(Cl)c6)C(=O)C5(c5ccccc5)C4c4cccc(F)c4O)C3C2=O)cc1. The van der Waals surface area contributed by atoms with Gasteiger partial charge in [0.2, 0.25) is 23.6 Å². The first-order valence-corrected chi connectivity index (χ1v) is 16.8. The van der Waals surface area contributed by atoms with Crippen molar-refractivity contribution in [2.24, 2.45) is 23.7 Å². The molecule has 4 aromatic rings. The summed E-state index contributed by atoms with van der Waals surface area (Å²) in [5.41, 5.74) is 0.589. The van der Waals surface area contributed by atoms with Crippen molar-refractivity contribution in [1.29, 1.82) is 0 Å². The second-order valence-corrected chi connectivity index (χ2v) is 13.8. The number of nitrogens with zero attached hydrogens (tertiary/aromatic N) is 2. The first-order valence-electron chi connectivity index (χ1n) is 16.4. The van der Waals surface area contributed by atoms with Crippen LogP contribution >= 0.6 is 11.6 Å². The summed E-state index contributed by atoms with van der Waals surface area (Å²) in [7, 11) is 0. The third kappa shape index (κ3) is 4.39. The lowest BCUT2D eigenvalue weighted by molar-refractivity contribution is -0.127. The molecule has 1 saturated carbocycles. The van der Waals surface area contributed by atoms with E-state index < -0.39 is 70.2 Å². The van der Waals surface area contributed by atoms with Gasteiger partial charge in [-0.2, -0.15) is 0 Å². The molecule has 1 N–H and O–H groups in total. The number of phenolic OH excluding ortho intramolecular Hbond substituents is 1. The highest BCUT2D eigenvalue weighted by atomic mass is 35.5. The summed E-state index contributed by atoms with van der Waals surface area (Å²) in [6, 6.07) is 25.6. The number of rotatable bonds is 5. The Morgan fingerprint density at radius 3 is 2.24 bits per heavy atom. The Hall–Kier alpha value is -5.41. The van der Waals surface area contributed by atoms with Gasteiger partial charge in [-0.3, -0.25) is 28.9 Å². The molecule has 8 nitrogen and oxygen atoms in total. The highest BCUT2D eigenvalue weighted by Gasteiger charge is 2.70. The normalized spacial score (nSPS) is 27.2. The zero-order valence-electron chi connectivity index (χ0n) is 26.8. The van der Waals surface area contributed by atoms with E-state index in [-0.39, 0.29) is 29.9 Å². The number of Topliss-reactive ketones (excluding diaryl/α,β-unsaturated/α-hetero) is 1. The van der Waals surface area contributed by atoms with Gasteiger partial charge in [-0.1, -0.05) is 71.8 Å². The number of carbonyl (C=O) groups is 5. The Balaban J connectivity index is 1.34. The number of para-hydroxylation sites is 1. The van der Waals surface area contributed by atoms with Gasteiger partial charge in [0.1, 0.15) is 0 Å². The van der Waals surface area contributed by atoms with E-state index in [4.69, 9.17) is 11.6 Å². The number of benzene rings is 4. The number of imide groups is 2. The van der Waals surface area contributed by atoms with Crippen molar-refractivity contribution < 1.29 is 33.5 Å². The average molecular weight is 689 g/mol. The lowest BCUT2D eigenvalue weighted by Crippen LogP contribution is -2.53. The molecular formula is C40H30ClFN2O6. The van der Waals surface area contributed by atoms with Crippen molar-refractivity contribution >= 4 is 52.4 Å². The Morgan fingerprint density at radius 1 is 0.820 bits per heavy atom. The van der Waals surface area contributed by atoms with Crippen molar-refractivity contribution in [2.45, 2.75) is 31.1 Å². The van der Waals surface area contributed by atoms with Gasteiger partial charge in [0.05, 0.1) is 34.5 Å². The van der Waals surface area contributed by atoms with Gasteiger partial charge in [-0.25, -0.2) is 9.29 Å². The lowest BCUT2D eigenvalue weighted by Gasteiger charge is -2.50. The van der Waals surface area contributed by atoms with Crippen molar-refractivity contribution in [2.75, 3.05) is 9.80 Å². The number of hydrogen-bond donors (Lipinski definition) is 1. The molecule has 6 unspecified atom stereocenters. The van der Waals surface area contributed by atoms with Crippen LogP contribution in [0.25, 0.3) is 0 Å². The fourth-order valence-electron chi connectivity index (χ4n) is 8.95. The maximum atomic E-state index is 15.3. The standard InChI is InChI=1S/C40H30ClFN2O6/c1-21(45)22-13-15-25(16-14-22)43-36(47)28-18-17-27-30(33(28)38(43)49)20-31-37(48)44(26-10-5-9-24(41)19-26)39(50)40(31,23-7-3-2-4-8-23)34(27)29-11-6-12-32(42)35(29)46/h2-17,19,28,30-31,33-34,46H,18,20H2,1H3. The summed E-state index contributed by atoms with van der Waals surface area (Å²) in [6.07, 6.45) is 2.05. The zero-order valence-corrected chi connectivity index (χ0v) is 27.5. The molecule has 0 bridgehead atoms. The number of halogens is 2. The number of phenols is 1. The molecule has 2 heterocycles. The second kappa shape index (κ2) is 11.6. The van der Waals surface area contributed by atoms with Crippen molar-refractivity contribution in [3.05, 3.63) is 136 Å².